The first-order chi connectivity index (χ1) is 15.7. The molecule has 5 nitrogen and oxygen atoms in total. The molecule has 0 aromatic heterocycles. The molecule has 2 aromatic rings. The Morgan fingerprint density at radius 2 is 1.79 bits per heavy atom. The number of nitrogens with two attached hydrogens (primary N) is 1. The predicted octanol–water partition coefficient (Wildman–Crippen LogP) is 4.00. The van der Waals surface area contributed by atoms with Crippen molar-refractivity contribution in [3.05, 3.63) is 70.5 Å². The molecule has 1 unspecified atom stereocenters. The summed E-state index contributed by atoms with van der Waals surface area (Å²) in [6, 6.07) is 12.2. The Labute approximate surface area is 195 Å². The van der Waals surface area contributed by atoms with Crippen molar-refractivity contribution in [3.8, 4) is 0 Å². The van der Waals surface area contributed by atoms with Gasteiger partial charge < -0.3 is 10.6 Å². The molecule has 2 aliphatic rings. The summed E-state index contributed by atoms with van der Waals surface area (Å²) in [5, 5.41) is 0. The van der Waals surface area contributed by atoms with E-state index in [0.717, 1.165) is 38.3 Å². The van der Waals surface area contributed by atoms with E-state index >= 15 is 0 Å². The number of amides is 2. The zero-order valence-corrected chi connectivity index (χ0v) is 19.6. The van der Waals surface area contributed by atoms with E-state index in [-0.39, 0.29) is 30.0 Å². The van der Waals surface area contributed by atoms with Crippen LogP contribution < -0.4 is 5.73 Å². The van der Waals surface area contributed by atoms with Crippen LogP contribution in [0.5, 0.6) is 0 Å². The Balaban J connectivity index is 1.62. The fourth-order valence-corrected chi connectivity index (χ4v) is 5.10. The minimum absolute atomic E-state index is 0.0292. The number of carbonyl (C=O) groups is 2. The summed E-state index contributed by atoms with van der Waals surface area (Å²) in [7, 11) is -1.05. The van der Waals surface area contributed by atoms with Gasteiger partial charge in [-0.3, -0.25) is 13.8 Å². The average Bonchev–Trinajstić information content (AvgIpc) is 3.04. The summed E-state index contributed by atoms with van der Waals surface area (Å²) >= 11 is 0. The standard InChI is InChI=1S/C26H27FN2O3S/c1-16-22(13-17-3-6-20(7-4-17)33(2)32)21-8-5-19(27)14-24(21)23(16)15-25(30)29-11-9-18(10-12-29)26(28)31/h3-8,13-14,18H,9-12,15H2,1-2H3,(H2,28,31)/b22-13+. The largest absolute Gasteiger partial charge is 0.369 e. The smallest absolute Gasteiger partial charge is 0.227 e. The number of halogens is 1. The van der Waals surface area contributed by atoms with Crippen molar-refractivity contribution in [2.75, 3.05) is 19.3 Å². The monoisotopic (exact) mass is 466 g/mol. The molecule has 1 aliphatic heterocycles. The molecule has 4 rings (SSSR count). The SMILES string of the molecule is CC1=C(CC(=O)N2CCC(C(N)=O)CC2)c2cc(F)ccc2/C1=C/c1ccc(S(C)=O)cc1. The minimum atomic E-state index is -1.05. The Hall–Kier alpha value is -3.06. The third kappa shape index (κ3) is 4.83. The Morgan fingerprint density at radius 3 is 2.39 bits per heavy atom. The molecule has 7 heteroatoms. The van der Waals surface area contributed by atoms with E-state index < -0.39 is 10.8 Å². The summed E-state index contributed by atoms with van der Waals surface area (Å²) in [6.45, 7) is 2.96. The topological polar surface area (TPSA) is 80.5 Å². The van der Waals surface area contributed by atoms with Gasteiger partial charge in [-0.2, -0.15) is 0 Å². The van der Waals surface area contributed by atoms with Gasteiger partial charge in [0, 0.05) is 41.0 Å². The predicted molar refractivity (Wildman–Crippen MR) is 129 cm³/mol. The second kappa shape index (κ2) is 9.43. The van der Waals surface area contributed by atoms with Crippen LogP contribution in [-0.2, 0) is 20.4 Å². The van der Waals surface area contributed by atoms with Crippen molar-refractivity contribution in [1.82, 2.24) is 4.90 Å². The van der Waals surface area contributed by atoms with Crippen LogP contribution in [0.4, 0.5) is 4.39 Å². The first-order valence-corrected chi connectivity index (χ1v) is 12.5. The number of primary amides is 1. The van der Waals surface area contributed by atoms with Crippen LogP contribution in [-0.4, -0.2) is 40.3 Å². The van der Waals surface area contributed by atoms with E-state index in [1.165, 1.54) is 12.1 Å². The van der Waals surface area contributed by atoms with Gasteiger partial charge in [0.15, 0.2) is 0 Å². The molecule has 172 valence electrons. The van der Waals surface area contributed by atoms with Gasteiger partial charge in [0.2, 0.25) is 11.8 Å². The summed E-state index contributed by atoms with van der Waals surface area (Å²) in [5.41, 5.74) is 10.7. The number of hydrogen-bond donors (Lipinski definition) is 1. The van der Waals surface area contributed by atoms with Crippen LogP contribution in [0.3, 0.4) is 0 Å². The fourth-order valence-electron chi connectivity index (χ4n) is 4.58. The van der Waals surface area contributed by atoms with Gasteiger partial charge >= 0.3 is 0 Å². The third-order valence-electron chi connectivity index (χ3n) is 6.55. The summed E-state index contributed by atoms with van der Waals surface area (Å²) in [6.07, 6.45) is 4.99. The number of fused-ring (bicyclic) bond motifs is 1. The maximum absolute atomic E-state index is 14.1. The fraction of sp³-hybridized carbons (Fsp3) is 0.308. The van der Waals surface area contributed by atoms with Crippen molar-refractivity contribution in [1.29, 1.82) is 0 Å². The molecular weight excluding hydrogens is 439 g/mol. The normalized spacial score (nSPS) is 18.5. The third-order valence-corrected chi connectivity index (χ3v) is 7.49. The van der Waals surface area contributed by atoms with E-state index in [1.54, 1.807) is 17.2 Å². The van der Waals surface area contributed by atoms with E-state index in [1.807, 2.05) is 37.3 Å². The number of likely N-dealkylation sites (tertiary alicyclic amines) is 1. The summed E-state index contributed by atoms with van der Waals surface area (Å²) in [4.78, 5) is 27.0. The zero-order valence-electron chi connectivity index (χ0n) is 18.8. The second-order valence-corrected chi connectivity index (χ2v) is 9.99. The lowest BCUT2D eigenvalue weighted by Crippen LogP contribution is -2.41. The highest BCUT2D eigenvalue weighted by molar-refractivity contribution is 7.84. The molecule has 0 spiro atoms. The number of hydrogen-bond acceptors (Lipinski definition) is 3. The van der Waals surface area contributed by atoms with Gasteiger partial charge in [0.1, 0.15) is 5.82 Å². The molecule has 1 aliphatic carbocycles. The van der Waals surface area contributed by atoms with Gasteiger partial charge in [0.05, 0.1) is 6.42 Å². The van der Waals surface area contributed by atoms with E-state index in [9.17, 15) is 18.2 Å². The lowest BCUT2D eigenvalue weighted by molar-refractivity contribution is -0.133. The lowest BCUT2D eigenvalue weighted by atomic mass is 9.95. The molecule has 2 amide bonds. The van der Waals surface area contributed by atoms with E-state index in [4.69, 9.17) is 5.73 Å². The molecule has 1 atom stereocenters. The van der Waals surface area contributed by atoms with Crippen molar-refractivity contribution < 1.29 is 18.2 Å². The number of carbonyl (C=O) groups excluding carboxylic acids is 2. The maximum Gasteiger partial charge on any atom is 0.227 e. The van der Waals surface area contributed by atoms with E-state index in [0.29, 0.717) is 25.9 Å². The Morgan fingerprint density at radius 1 is 1.12 bits per heavy atom. The molecule has 0 radical (unpaired) electrons. The number of nitrogens with zero attached hydrogens (tertiary/aromatic N) is 1. The maximum atomic E-state index is 14.1. The number of rotatable bonds is 5. The van der Waals surface area contributed by atoms with Gasteiger partial charge in [-0.25, -0.2) is 4.39 Å². The molecule has 0 bridgehead atoms. The van der Waals surface area contributed by atoms with Gasteiger partial charge in [-0.15, -0.1) is 0 Å². The van der Waals surface area contributed by atoms with E-state index in [2.05, 4.69) is 0 Å². The summed E-state index contributed by atoms with van der Waals surface area (Å²) in [5.74, 6) is -0.862. The van der Waals surface area contributed by atoms with Crippen LogP contribution in [0, 0.1) is 11.7 Å². The molecule has 0 saturated carbocycles. The van der Waals surface area contributed by atoms with Gasteiger partial charge in [-0.05, 0) is 83.5 Å². The number of piperidine rings is 1. The number of benzene rings is 2. The highest BCUT2D eigenvalue weighted by Gasteiger charge is 2.30. The van der Waals surface area contributed by atoms with Crippen molar-refractivity contribution in [2.45, 2.75) is 31.1 Å². The Kier molecular flexibility index (Phi) is 6.61. The highest BCUT2D eigenvalue weighted by Crippen LogP contribution is 2.44. The first kappa shape index (κ1) is 23.1. The molecule has 33 heavy (non-hydrogen) atoms. The zero-order chi connectivity index (χ0) is 23.7. The van der Waals surface area contributed by atoms with Crippen LogP contribution in [0.15, 0.2) is 52.9 Å². The Bertz CT molecular complexity index is 1190. The molecule has 2 N–H and O–H groups in total. The molecule has 1 fully saturated rings. The van der Waals surface area contributed by atoms with Gasteiger partial charge in [0.25, 0.3) is 0 Å². The average molecular weight is 467 g/mol. The molecule has 1 heterocycles. The van der Waals surface area contributed by atoms with Gasteiger partial charge in [-0.1, -0.05) is 18.2 Å². The molecule has 2 aromatic carbocycles. The highest BCUT2D eigenvalue weighted by atomic mass is 32.2. The quantitative estimate of drug-likeness (QED) is 0.723. The van der Waals surface area contributed by atoms with Crippen LogP contribution in [0.2, 0.25) is 0 Å². The molecular formula is C26H27FN2O3S. The van der Waals surface area contributed by atoms with Crippen molar-refractivity contribution >= 4 is 39.8 Å². The second-order valence-electron chi connectivity index (χ2n) is 8.61. The van der Waals surface area contributed by atoms with Crippen LogP contribution >= 0.6 is 0 Å². The van der Waals surface area contributed by atoms with Crippen LogP contribution in [0.25, 0.3) is 17.2 Å². The van der Waals surface area contributed by atoms with Crippen molar-refractivity contribution in [3.63, 3.8) is 0 Å². The minimum Gasteiger partial charge on any atom is -0.369 e. The molecule has 1 saturated heterocycles. The lowest BCUT2D eigenvalue weighted by Gasteiger charge is -2.31. The van der Waals surface area contributed by atoms with Crippen LogP contribution in [0.1, 0.15) is 42.9 Å². The number of allylic oxidation sites excluding steroid dienone is 2. The summed E-state index contributed by atoms with van der Waals surface area (Å²) < 4.78 is 25.8. The first-order valence-electron chi connectivity index (χ1n) is 11.0. The van der Waals surface area contributed by atoms with Crippen molar-refractivity contribution in [2.24, 2.45) is 11.7 Å².